The van der Waals surface area contributed by atoms with Crippen molar-refractivity contribution in [1.29, 1.82) is 0 Å². The molecular weight excluding hydrogens is 204 g/mol. The Bertz CT molecular complexity index is 234. The molecule has 0 aromatic heterocycles. The van der Waals surface area contributed by atoms with Gasteiger partial charge >= 0.3 is 0 Å². The Morgan fingerprint density at radius 3 is 2.81 bits per heavy atom. The predicted octanol–water partition coefficient (Wildman–Crippen LogP) is 1.33. The van der Waals surface area contributed by atoms with Crippen LogP contribution in [-0.4, -0.2) is 35.1 Å². The van der Waals surface area contributed by atoms with Gasteiger partial charge in [-0.2, -0.15) is 0 Å². The molecule has 0 aromatic carbocycles. The summed E-state index contributed by atoms with van der Waals surface area (Å²) in [4.78, 5) is 0. The number of hydrogen-bond acceptors (Lipinski definition) is 3. The highest BCUT2D eigenvalue weighted by Crippen LogP contribution is 2.27. The minimum absolute atomic E-state index is 0.105. The first-order chi connectivity index (χ1) is 7.69. The highest BCUT2D eigenvalue weighted by molar-refractivity contribution is 4.85. The summed E-state index contributed by atoms with van der Waals surface area (Å²) in [6, 6.07) is 0. The molecule has 0 aliphatic carbocycles. The third-order valence-electron chi connectivity index (χ3n) is 3.24. The number of aliphatic hydroxyl groups is 2. The molecule has 0 aromatic rings. The summed E-state index contributed by atoms with van der Waals surface area (Å²) in [5.41, 5.74) is 0. The molecule has 1 saturated heterocycles. The Morgan fingerprint density at radius 1 is 1.44 bits per heavy atom. The van der Waals surface area contributed by atoms with Crippen LogP contribution in [0.3, 0.4) is 0 Å². The van der Waals surface area contributed by atoms with Crippen molar-refractivity contribution in [2.24, 2.45) is 5.92 Å². The fourth-order valence-electron chi connectivity index (χ4n) is 2.24. The number of aliphatic hydroxyl groups excluding tert-OH is 2. The average Bonchev–Trinajstić information content (AvgIpc) is 2.29. The van der Waals surface area contributed by atoms with E-state index in [1.54, 1.807) is 0 Å². The Hall–Kier alpha value is -0.560. The van der Waals surface area contributed by atoms with E-state index in [-0.39, 0.29) is 18.6 Å². The zero-order chi connectivity index (χ0) is 12.0. The van der Waals surface area contributed by atoms with Gasteiger partial charge in [0, 0.05) is 6.42 Å². The second kappa shape index (κ2) is 6.90. The van der Waals surface area contributed by atoms with Crippen molar-refractivity contribution in [3.05, 3.63) is 0 Å². The van der Waals surface area contributed by atoms with Crippen molar-refractivity contribution in [1.82, 2.24) is 0 Å². The lowest BCUT2D eigenvalue weighted by molar-refractivity contribution is -0.157. The fourth-order valence-corrected chi connectivity index (χ4v) is 2.24. The first kappa shape index (κ1) is 13.5. The Kier molecular flexibility index (Phi) is 5.83. The molecule has 1 aliphatic rings. The van der Waals surface area contributed by atoms with E-state index in [0.29, 0.717) is 0 Å². The zero-order valence-corrected chi connectivity index (χ0v) is 9.93. The number of rotatable bonds is 5. The second-order valence-corrected chi connectivity index (χ2v) is 4.63. The van der Waals surface area contributed by atoms with Crippen LogP contribution in [0.4, 0.5) is 0 Å². The molecule has 92 valence electrons. The quantitative estimate of drug-likeness (QED) is 0.549. The van der Waals surface area contributed by atoms with Crippen molar-refractivity contribution in [2.75, 3.05) is 6.61 Å². The van der Waals surface area contributed by atoms with Gasteiger partial charge in [-0.3, -0.25) is 0 Å². The van der Waals surface area contributed by atoms with Gasteiger partial charge in [-0.05, 0) is 31.6 Å². The molecule has 16 heavy (non-hydrogen) atoms. The van der Waals surface area contributed by atoms with E-state index in [4.69, 9.17) is 16.3 Å². The SMILES string of the molecule is C#CCCCCC1CC(C)C(O)C(CO)O1. The summed E-state index contributed by atoms with van der Waals surface area (Å²) >= 11 is 0. The third-order valence-corrected chi connectivity index (χ3v) is 3.24. The molecule has 2 N–H and O–H groups in total. The van der Waals surface area contributed by atoms with Crippen molar-refractivity contribution in [3.63, 3.8) is 0 Å². The maximum absolute atomic E-state index is 9.75. The number of unbranched alkanes of at least 4 members (excludes halogenated alkanes) is 2. The van der Waals surface area contributed by atoms with Crippen molar-refractivity contribution < 1.29 is 14.9 Å². The van der Waals surface area contributed by atoms with Gasteiger partial charge in [0.1, 0.15) is 6.10 Å². The van der Waals surface area contributed by atoms with Crippen molar-refractivity contribution in [2.45, 2.75) is 57.3 Å². The third kappa shape index (κ3) is 3.79. The molecule has 0 amide bonds. The summed E-state index contributed by atoms with van der Waals surface area (Å²) in [7, 11) is 0. The van der Waals surface area contributed by atoms with Gasteiger partial charge in [0.15, 0.2) is 0 Å². The molecule has 0 spiro atoms. The summed E-state index contributed by atoms with van der Waals surface area (Å²) in [6.45, 7) is 1.90. The predicted molar refractivity (Wildman–Crippen MR) is 62.8 cm³/mol. The van der Waals surface area contributed by atoms with Crippen LogP contribution < -0.4 is 0 Å². The van der Waals surface area contributed by atoms with E-state index in [1.165, 1.54) is 0 Å². The van der Waals surface area contributed by atoms with Gasteiger partial charge in [0.2, 0.25) is 0 Å². The number of hydrogen-bond donors (Lipinski definition) is 2. The maximum Gasteiger partial charge on any atom is 0.107 e. The monoisotopic (exact) mass is 226 g/mol. The molecule has 0 saturated carbocycles. The molecule has 3 heteroatoms. The molecule has 1 heterocycles. The number of terminal acetylenes is 1. The second-order valence-electron chi connectivity index (χ2n) is 4.63. The van der Waals surface area contributed by atoms with E-state index in [1.807, 2.05) is 6.92 Å². The highest BCUT2D eigenvalue weighted by Gasteiger charge is 2.34. The van der Waals surface area contributed by atoms with Crippen molar-refractivity contribution >= 4 is 0 Å². The number of ether oxygens (including phenoxy) is 1. The zero-order valence-electron chi connectivity index (χ0n) is 9.93. The van der Waals surface area contributed by atoms with Gasteiger partial charge in [0.05, 0.1) is 18.8 Å². The minimum atomic E-state index is -0.535. The van der Waals surface area contributed by atoms with Crippen LogP contribution in [0.1, 0.15) is 39.0 Å². The highest BCUT2D eigenvalue weighted by atomic mass is 16.5. The Labute approximate surface area is 97.8 Å². The average molecular weight is 226 g/mol. The Morgan fingerprint density at radius 2 is 2.19 bits per heavy atom. The van der Waals surface area contributed by atoms with Crippen LogP contribution in [0.15, 0.2) is 0 Å². The molecule has 1 rings (SSSR count). The molecule has 0 bridgehead atoms. The van der Waals surface area contributed by atoms with Crippen LogP contribution in [0.25, 0.3) is 0 Å². The minimum Gasteiger partial charge on any atom is -0.394 e. The van der Waals surface area contributed by atoms with Gasteiger partial charge in [-0.15, -0.1) is 12.3 Å². The molecule has 0 radical (unpaired) electrons. The van der Waals surface area contributed by atoms with E-state index in [9.17, 15) is 5.11 Å². The van der Waals surface area contributed by atoms with Gasteiger partial charge in [0.25, 0.3) is 0 Å². The molecule has 1 fully saturated rings. The maximum atomic E-state index is 9.75. The van der Waals surface area contributed by atoms with Crippen molar-refractivity contribution in [3.8, 4) is 12.3 Å². The topological polar surface area (TPSA) is 49.7 Å². The van der Waals surface area contributed by atoms with E-state index >= 15 is 0 Å². The standard InChI is InChI=1S/C13H22O3/c1-3-4-5-6-7-11-8-10(2)13(15)12(9-14)16-11/h1,10-15H,4-9H2,2H3. The molecule has 4 atom stereocenters. The van der Waals surface area contributed by atoms with Gasteiger partial charge in [-0.1, -0.05) is 6.92 Å². The van der Waals surface area contributed by atoms with Crippen LogP contribution in [0.2, 0.25) is 0 Å². The van der Waals surface area contributed by atoms with Gasteiger partial charge < -0.3 is 14.9 Å². The molecule has 1 aliphatic heterocycles. The summed E-state index contributed by atoms with van der Waals surface area (Å²) in [6.07, 6.45) is 9.12. The van der Waals surface area contributed by atoms with E-state index in [2.05, 4.69) is 5.92 Å². The first-order valence-corrected chi connectivity index (χ1v) is 6.07. The first-order valence-electron chi connectivity index (χ1n) is 6.07. The van der Waals surface area contributed by atoms with Crippen LogP contribution in [-0.2, 0) is 4.74 Å². The summed E-state index contributed by atoms with van der Waals surface area (Å²) < 4.78 is 5.65. The van der Waals surface area contributed by atoms with E-state index in [0.717, 1.165) is 32.1 Å². The lowest BCUT2D eigenvalue weighted by atomic mass is 9.89. The summed E-state index contributed by atoms with van der Waals surface area (Å²) in [5.74, 6) is 2.82. The van der Waals surface area contributed by atoms with Crippen LogP contribution in [0.5, 0.6) is 0 Å². The molecular formula is C13H22O3. The van der Waals surface area contributed by atoms with E-state index < -0.39 is 12.2 Å². The fraction of sp³-hybridized carbons (Fsp3) is 0.846. The Balaban J connectivity index is 2.30. The lowest BCUT2D eigenvalue weighted by Crippen LogP contribution is -2.45. The van der Waals surface area contributed by atoms with Crippen LogP contribution in [0, 0.1) is 18.3 Å². The van der Waals surface area contributed by atoms with Crippen LogP contribution >= 0.6 is 0 Å². The smallest absolute Gasteiger partial charge is 0.107 e. The largest absolute Gasteiger partial charge is 0.394 e. The lowest BCUT2D eigenvalue weighted by Gasteiger charge is -2.37. The molecule has 3 nitrogen and oxygen atoms in total. The molecule has 4 unspecified atom stereocenters. The summed E-state index contributed by atoms with van der Waals surface area (Å²) in [5, 5.41) is 18.8. The van der Waals surface area contributed by atoms with Gasteiger partial charge in [-0.25, -0.2) is 0 Å². The normalized spacial score (nSPS) is 34.6.